The summed E-state index contributed by atoms with van der Waals surface area (Å²) < 4.78 is 25.7. The largest absolute Gasteiger partial charge is 0.316 e. The van der Waals surface area contributed by atoms with Crippen LogP contribution in [0.3, 0.4) is 0 Å². The van der Waals surface area contributed by atoms with Gasteiger partial charge in [-0.2, -0.15) is 11.8 Å². The summed E-state index contributed by atoms with van der Waals surface area (Å²) in [5, 5.41) is 3.49. The normalized spacial score (nSPS) is 22.1. The van der Waals surface area contributed by atoms with Crippen molar-refractivity contribution < 1.29 is 8.42 Å². The van der Waals surface area contributed by atoms with Gasteiger partial charge in [0.15, 0.2) is 0 Å². The molecular formula is C9H20N2O2S2. The smallest absolute Gasteiger partial charge is 0.212 e. The van der Waals surface area contributed by atoms with E-state index in [1.165, 1.54) is 12.2 Å². The first-order chi connectivity index (χ1) is 7.14. The van der Waals surface area contributed by atoms with Crippen LogP contribution in [0.25, 0.3) is 0 Å². The second-order valence-corrected chi connectivity index (χ2v) is 6.99. The molecule has 1 fully saturated rings. The van der Waals surface area contributed by atoms with Gasteiger partial charge >= 0.3 is 0 Å². The SMILES string of the molecule is CCNCCS(=O)(=O)NCC1CCCS1. The fraction of sp³-hybridized carbons (Fsp3) is 1.00. The average Bonchev–Trinajstić information content (AvgIpc) is 2.68. The summed E-state index contributed by atoms with van der Waals surface area (Å²) in [6, 6.07) is 0. The highest BCUT2D eigenvalue weighted by Gasteiger charge is 2.18. The minimum absolute atomic E-state index is 0.179. The molecule has 6 heteroatoms. The van der Waals surface area contributed by atoms with Crippen molar-refractivity contribution >= 4 is 21.8 Å². The zero-order valence-corrected chi connectivity index (χ0v) is 10.8. The maximum absolute atomic E-state index is 11.5. The van der Waals surface area contributed by atoms with E-state index in [1.807, 2.05) is 18.7 Å². The number of thioether (sulfide) groups is 1. The van der Waals surface area contributed by atoms with Crippen molar-refractivity contribution in [2.24, 2.45) is 0 Å². The van der Waals surface area contributed by atoms with E-state index in [0.717, 1.165) is 13.0 Å². The Morgan fingerprint density at radius 1 is 1.47 bits per heavy atom. The van der Waals surface area contributed by atoms with Crippen LogP contribution in [0.15, 0.2) is 0 Å². The molecule has 0 radical (unpaired) electrons. The van der Waals surface area contributed by atoms with Gasteiger partial charge < -0.3 is 5.32 Å². The van der Waals surface area contributed by atoms with E-state index < -0.39 is 10.0 Å². The molecule has 90 valence electrons. The predicted molar refractivity (Wildman–Crippen MR) is 65.8 cm³/mol. The average molecular weight is 252 g/mol. The lowest BCUT2D eigenvalue weighted by Gasteiger charge is -2.10. The zero-order valence-electron chi connectivity index (χ0n) is 9.16. The molecule has 15 heavy (non-hydrogen) atoms. The first kappa shape index (κ1) is 13.3. The van der Waals surface area contributed by atoms with E-state index in [9.17, 15) is 8.42 Å². The molecule has 0 aromatic carbocycles. The van der Waals surface area contributed by atoms with E-state index in [0.29, 0.717) is 18.3 Å². The summed E-state index contributed by atoms with van der Waals surface area (Å²) >= 11 is 1.87. The van der Waals surface area contributed by atoms with Crippen molar-refractivity contribution in [3.05, 3.63) is 0 Å². The molecule has 0 saturated carbocycles. The third-order valence-electron chi connectivity index (χ3n) is 2.35. The monoisotopic (exact) mass is 252 g/mol. The summed E-state index contributed by atoms with van der Waals surface area (Å²) in [4.78, 5) is 0. The molecule has 1 aliphatic heterocycles. The van der Waals surface area contributed by atoms with Gasteiger partial charge in [-0.3, -0.25) is 0 Å². The van der Waals surface area contributed by atoms with Crippen LogP contribution >= 0.6 is 11.8 Å². The molecule has 0 amide bonds. The minimum atomic E-state index is -3.07. The molecule has 0 aromatic heterocycles. The van der Waals surface area contributed by atoms with Crippen LogP contribution in [0.2, 0.25) is 0 Å². The second-order valence-electron chi connectivity index (χ2n) is 3.66. The Bertz CT molecular complexity index is 261. The molecule has 1 unspecified atom stereocenters. The van der Waals surface area contributed by atoms with Crippen molar-refractivity contribution in [2.75, 3.05) is 31.1 Å². The molecule has 1 atom stereocenters. The van der Waals surface area contributed by atoms with Crippen LogP contribution < -0.4 is 10.0 Å². The van der Waals surface area contributed by atoms with Gasteiger partial charge in [0, 0.05) is 18.3 Å². The Kier molecular flexibility index (Phi) is 5.96. The van der Waals surface area contributed by atoms with Gasteiger partial charge in [0.25, 0.3) is 0 Å². The molecule has 0 aromatic rings. The molecule has 2 N–H and O–H groups in total. The molecule has 1 rings (SSSR count). The van der Waals surface area contributed by atoms with Gasteiger partial charge in [0.05, 0.1) is 5.75 Å². The Hall–Kier alpha value is 0.220. The fourth-order valence-electron chi connectivity index (χ4n) is 1.48. The van der Waals surface area contributed by atoms with E-state index in [2.05, 4.69) is 10.0 Å². The van der Waals surface area contributed by atoms with E-state index >= 15 is 0 Å². The molecule has 0 aliphatic carbocycles. The molecule has 0 bridgehead atoms. The van der Waals surface area contributed by atoms with Crippen LogP contribution in [-0.4, -0.2) is 44.8 Å². The van der Waals surface area contributed by atoms with E-state index in [4.69, 9.17) is 0 Å². The van der Waals surface area contributed by atoms with Crippen molar-refractivity contribution in [1.82, 2.24) is 10.0 Å². The van der Waals surface area contributed by atoms with E-state index in [1.54, 1.807) is 0 Å². The van der Waals surface area contributed by atoms with Gasteiger partial charge in [0.1, 0.15) is 0 Å². The van der Waals surface area contributed by atoms with Crippen LogP contribution in [0.4, 0.5) is 0 Å². The Balaban J connectivity index is 2.17. The van der Waals surface area contributed by atoms with Crippen molar-refractivity contribution in [1.29, 1.82) is 0 Å². The topological polar surface area (TPSA) is 58.2 Å². The van der Waals surface area contributed by atoms with Gasteiger partial charge in [-0.15, -0.1) is 0 Å². The van der Waals surface area contributed by atoms with Crippen LogP contribution in [-0.2, 0) is 10.0 Å². The molecule has 0 spiro atoms. The Morgan fingerprint density at radius 3 is 2.87 bits per heavy atom. The van der Waals surface area contributed by atoms with Crippen molar-refractivity contribution in [3.63, 3.8) is 0 Å². The highest BCUT2D eigenvalue weighted by Crippen LogP contribution is 2.25. The minimum Gasteiger partial charge on any atom is -0.316 e. The lowest BCUT2D eigenvalue weighted by molar-refractivity contribution is 0.575. The maximum atomic E-state index is 11.5. The third kappa shape index (κ3) is 5.75. The van der Waals surface area contributed by atoms with E-state index in [-0.39, 0.29) is 5.75 Å². The summed E-state index contributed by atoms with van der Waals surface area (Å²) in [5.74, 6) is 1.35. The van der Waals surface area contributed by atoms with Crippen LogP contribution in [0.1, 0.15) is 19.8 Å². The van der Waals surface area contributed by atoms with Crippen molar-refractivity contribution in [2.45, 2.75) is 25.0 Å². The molecule has 1 aliphatic rings. The number of rotatable bonds is 7. The summed E-state index contributed by atoms with van der Waals surface area (Å²) in [6.07, 6.45) is 2.36. The molecule has 1 saturated heterocycles. The number of nitrogens with one attached hydrogen (secondary N) is 2. The predicted octanol–water partition coefficient (Wildman–Crippen LogP) is 0.411. The van der Waals surface area contributed by atoms with Gasteiger partial charge in [0.2, 0.25) is 10.0 Å². The highest BCUT2D eigenvalue weighted by atomic mass is 32.2. The standard InChI is InChI=1S/C9H20N2O2S2/c1-2-10-5-7-15(12,13)11-8-9-4-3-6-14-9/h9-11H,2-8H2,1H3. The lowest BCUT2D eigenvalue weighted by Crippen LogP contribution is -2.35. The summed E-state index contributed by atoms with van der Waals surface area (Å²) in [6.45, 7) is 3.91. The summed E-state index contributed by atoms with van der Waals surface area (Å²) in [5.41, 5.74) is 0. The van der Waals surface area contributed by atoms with Crippen LogP contribution in [0, 0.1) is 0 Å². The number of hydrogen-bond donors (Lipinski definition) is 2. The van der Waals surface area contributed by atoms with Crippen molar-refractivity contribution in [3.8, 4) is 0 Å². The lowest BCUT2D eigenvalue weighted by atomic mass is 10.2. The third-order valence-corrected chi connectivity index (χ3v) is 5.10. The Morgan fingerprint density at radius 2 is 2.27 bits per heavy atom. The van der Waals surface area contributed by atoms with Gasteiger partial charge in [-0.25, -0.2) is 13.1 Å². The first-order valence-electron chi connectivity index (χ1n) is 5.43. The number of sulfonamides is 1. The fourth-order valence-corrected chi connectivity index (χ4v) is 3.80. The van der Waals surface area contributed by atoms with Crippen LogP contribution in [0.5, 0.6) is 0 Å². The zero-order chi connectivity index (χ0) is 11.1. The second kappa shape index (κ2) is 6.73. The quantitative estimate of drug-likeness (QED) is 0.644. The molecule has 4 nitrogen and oxygen atoms in total. The molecule has 1 heterocycles. The van der Waals surface area contributed by atoms with Gasteiger partial charge in [-0.05, 0) is 25.1 Å². The van der Waals surface area contributed by atoms with Gasteiger partial charge in [-0.1, -0.05) is 6.92 Å². The first-order valence-corrected chi connectivity index (χ1v) is 8.14. The molecular weight excluding hydrogens is 232 g/mol. The highest BCUT2D eigenvalue weighted by molar-refractivity contribution is 8.00. The maximum Gasteiger partial charge on any atom is 0.212 e. The summed E-state index contributed by atoms with van der Waals surface area (Å²) in [7, 11) is -3.07. The Labute approximate surface area is 96.6 Å². The number of hydrogen-bond acceptors (Lipinski definition) is 4.